The largest absolute Gasteiger partial charge is 0.465 e. The number of hydrogen-bond donors (Lipinski definition) is 2. The first-order valence-corrected chi connectivity index (χ1v) is 7.22. The Morgan fingerprint density at radius 2 is 2.09 bits per heavy atom. The smallest absolute Gasteiger partial charge is 0.337 e. The van der Waals surface area contributed by atoms with Crippen LogP contribution in [0.15, 0.2) is 24.3 Å². The van der Waals surface area contributed by atoms with Gasteiger partial charge < -0.3 is 15.8 Å². The number of rotatable bonds is 3. The molecule has 0 spiro atoms. The standard InChI is InChI=1S/C16H22N2O3.ClH/c1-16(17)9-4-3-8-13(16)14(19)18-12-7-5-6-11(10-12)15(20)21-2;/h5-7,10,13H,3-4,8-9,17H2,1-2H3,(H,18,19);1H. The Labute approximate surface area is 137 Å². The Kier molecular flexibility index (Phi) is 6.38. The fourth-order valence-corrected chi connectivity index (χ4v) is 2.86. The van der Waals surface area contributed by atoms with E-state index < -0.39 is 11.5 Å². The van der Waals surface area contributed by atoms with E-state index in [1.54, 1.807) is 24.3 Å². The van der Waals surface area contributed by atoms with E-state index >= 15 is 0 Å². The van der Waals surface area contributed by atoms with E-state index in [0.29, 0.717) is 11.3 Å². The molecule has 1 saturated carbocycles. The van der Waals surface area contributed by atoms with Crippen LogP contribution >= 0.6 is 12.4 Å². The average Bonchev–Trinajstić information content (AvgIpc) is 2.46. The zero-order valence-corrected chi connectivity index (χ0v) is 13.7. The molecule has 1 fully saturated rings. The second-order valence-corrected chi connectivity index (χ2v) is 5.87. The van der Waals surface area contributed by atoms with Gasteiger partial charge in [-0.3, -0.25) is 4.79 Å². The van der Waals surface area contributed by atoms with Crippen LogP contribution in [0.3, 0.4) is 0 Å². The van der Waals surface area contributed by atoms with Crippen LogP contribution in [0.1, 0.15) is 43.0 Å². The number of amides is 1. The number of nitrogens with one attached hydrogen (secondary N) is 1. The number of anilines is 1. The van der Waals surface area contributed by atoms with Gasteiger partial charge in [0.2, 0.25) is 5.91 Å². The molecule has 1 aliphatic carbocycles. The summed E-state index contributed by atoms with van der Waals surface area (Å²) < 4.78 is 4.67. The molecule has 1 amide bonds. The van der Waals surface area contributed by atoms with Crippen molar-refractivity contribution in [3.63, 3.8) is 0 Å². The molecule has 2 rings (SSSR count). The number of halogens is 1. The van der Waals surface area contributed by atoms with Gasteiger partial charge in [0.15, 0.2) is 0 Å². The van der Waals surface area contributed by atoms with Gasteiger partial charge in [-0.25, -0.2) is 4.79 Å². The lowest BCUT2D eigenvalue weighted by Gasteiger charge is -2.37. The van der Waals surface area contributed by atoms with Crippen LogP contribution in [0.2, 0.25) is 0 Å². The zero-order chi connectivity index (χ0) is 15.5. The molecule has 2 unspecified atom stereocenters. The SMILES string of the molecule is COC(=O)c1cccc(NC(=O)C2CCCCC2(C)N)c1.Cl. The summed E-state index contributed by atoms with van der Waals surface area (Å²) in [7, 11) is 1.33. The molecule has 6 heteroatoms. The lowest BCUT2D eigenvalue weighted by molar-refractivity contribution is -0.122. The average molecular weight is 327 g/mol. The Morgan fingerprint density at radius 1 is 1.36 bits per heavy atom. The van der Waals surface area contributed by atoms with Crippen molar-refractivity contribution in [2.45, 2.75) is 38.1 Å². The van der Waals surface area contributed by atoms with Gasteiger partial charge in [-0.2, -0.15) is 0 Å². The van der Waals surface area contributed by atoms with Crippen LogP contribution in [0.4, 0.5) is 5.69 Å². The van der Waals surface area contributed by atoms with E-state index in [9.17, 15) is 9.59 Å². The minimum atomic E-state index is -0.470. The fourth-order valence-electron chi connectivity index (χ4n) is 2.86. The van der Waals surface area contributed by atoms with Crippen molar-refractivity contribution in [2.24, 2.45) is 11.7 Å². The Hall–Kier alpha value is -1.59. The highest BCUT2D eigenvalue weighted by atomic mass is 35.5. The summed E-state index contributed by atoms with van der Waals surface area (Å²) in [5.41, 5.74) is 6.77. The van der Waals surface area contributed by atoms with Crippen LogP contribution in [0.25, 0.3) is 0 Å². The van der Waals surface area contributed by atoms with Crippen molar-refractivity contribution in [2.75, 3.05) is 12.4 Å². The van der Waals surface area contributed by atoms with Gasteiger partial charge >= 0.3 is 5.97 Å². The molecule has 1 aliphatic rings. The van der Waals surface area contributed by atoms with Crippen LogP contribution in [-0.4, -0.2) is 24.5 Å². The number of hydrogen-bond acceptors (Lipinski definition) is 4. The van der Waals surface area contributed by atoms with Crippen molar-refractivity contribution in [3.05, 3.63) is 29.8 Å². The molecule has 1 aromatic rings. The highest BCUT2D eigenvalue weighted by Gasteiger charge is 2.37. The second kappa shape index (κ2) is 7.61. The molecule has 0 saturated heterocycles. The monoisotopic (exact) mass is 326 g/mol. The summed E-state index contributed by atoms with van der Waals surface area (Å²) in [5, 5.41) is 2.86. The summed E-state index contributed by atoms with van der Waals surface area (Å²) >= 11 is 0. The van der Waals surface area contributed by atoms with E-state index in [4.69, 9.17) is 5.73 Å². The summed E-state index contributed by atoms with van der Waals surface area (Å²) in [4.78, 5) is 23.9. The molecule has 0 aromatic heterocycles. The molecular formula is C16H23ClN2O3. The van der Waals surface area contributed by atoms with E-state index in [1.165, 1.54) is 7.11 Å². The van der Waals surface area contributed by atoms with Crippen LogP contribution in [-0.2, 0) is 9.53 Å². The number of carbonyl (C=O) groups excluding carboxylic acids is 2. The molecule has 3 N–H and O–H groups in total. The molecule has 0 radical (unpaired) electrons. The van der Waals surface area contributed by atoms with Crippen molar-refractivity contribution in [1.82, 2.24) is 0 Å². The van der Waals surface area contributed by atoms with Gasteiger partial charge in [0.25, 0.3) is 0 Å². The van der Waals surface area contributed by atoms with Crippen molar-refractivity contribution >= 4 is 30.0 Å². The van der Waals surface area contributed by atoms with E-state index in [1.807, 2.05) is 6.92 Å². The predicted molar refractivity (Wildman–Crippen MR) is 88.2 cm³/mol. The molecule has 2 atom stereocenters. The molecule has 0 bridgehead atoms. The Balaban J connectivity index is 0.00000242. The number of benzene rings is 1. The minimum Gasteiger partial charge on any atom is -0.465 e. The van der Waals surface area contributed by atoms with Gasteiger partial charge in [-0.05, 0) is 38.0 Å². The molecule has 5 nitrogen and oxygen atoms in total. The third-order valence-electron chi connectivity index (χ3n) is 4.12. The third kappa shape index (κ3) is 4.21. The van der Waals surface area contributed by atoms with Gasteiger partial charge in [-0.1, -0.05) is 18.9 Å². The van der Waals surface area contributed by atoms with Crippen molar-refractivity contribution in [1.29, 1.82) is 0 Å². The quantitative estimate of drug-likeness (QED) is 0.837. The summed E-state index contributed by atoms with van der Waals surface area (Å²) in [6.45, 7) is 1.93. The molecule has 1 aromatic carbocycles. The predicted octanol–water partition coefficient (Wildman–Crippen LogP) is 2.74. The topological polar surface area (TPSA) is 81.4 Å². The lowest BCUT2D eigenvalue weighted by atomic mass is 9.74. The van der Waals surface area contributed by atoms with Crippen molar-refractivity contribution < 1.29 is 14.3 Å². The van der Waals surface area contributed by atoms with Crippen molar-refractivity contribution in [3.8, 4) is 0 Å². The number of ether oxygens (including phenoxy) is 1. The Bertz CT molecular complexity index is 546. The highest BCUT2D eigenvalue weighted by Crippen LogP contribution is 2.32. The molecular weight excluding hydrogens is 304 g/mol. The maximum absolute atomic E-state index is 12.4. The Morgan fingerprint density at radius 3 is 2.73 bits per heavy atom. The number of esters is 1. The maximum atomic E-state index is 12.4. The van der Waals surface area contributed by atoms with Crippen LogP contribution < -0.4 is 11.1 Å². The zero-order valence-electron chi connectivity index (χ0n) is 12.9. The highest BCUT2D eigenvalue weighted by molar-refractivity contribution is 5.96. The number of nitrogens with two attached hydrogens (primary N) is 1. The van der Waals surface area contributed by atoms with Crippen LogP contribution in [0.5, 0.6) is 0 Å². The van der Waals surface area contributed by atoms with Gasteiger partial charge in [0.05, 0.1) is 18.6 Å². The first-order chi connectivity index (χ1) is 9.94. The number of carbonyl (C=O) groups is 2. The molecule has 0 aliphatic heterocycles. The van der Waals surface area contributed by atoms with E-state index in [0.717, 1.165) is 25.7 Å². The normalized spacial score (nSPS) is 24.0. The first kappa shape index (κ1) is 18.5. The summed E-state index contributed by atoms with van der Waals surface area (Å²) in [6.07, 6.45) is 3.74. The third-order valence-corrected chi connectivity index (χ3v) is 4.12. The number of methoxy groups -OCH3 is 1. The first-order valence-electron chi connectivity index (χ1n) is 7.22. The molecule has 0 heterocycles. The fraction of sp³-hybridized carbons (Fsp3) is 0.500. The van der Waals surface area contributed by atoms with E-state index in [-0.39, 0.29) is 24.2 Å². The summed E-state index contributed by atoms with van der Waals surface area (Å²) in [5.74, 6) is -0.706. The maximum Gasteiger partial charge on any atom is 0.337 e. The lowest BCUT2D eigenvalue weighted by Crippen LogP contribution is -2.51. The molecule has 22 heavy (non-hydrogen) atoms. The van der Waals surface area contributed by atoms with Gasteiger partial charge in [0, 0.05) is 11.2 Å². The van der Waals surface area contributed by atoms with Crippen LogP contribution in [0, 0.1) is 5.92 Å². The molecule has 122 valence electrons. The summed E-state index contributed by atoms with van der Waals surface area (Å²) in [6, 6.07) is 6.72. The minimum absolute atomic E-state index is 0. The van der Waals surface area contributed by atoms with Gasteiger partial charge in [-0.15, -0.1) is 12.4 Å². The van der Waals surface area contributed by atoms with E-state index in [2.05, 4.69) is 10.1 Å². The van der Waals surface area contributed by atoms with Gasteiger partial charge in [0.1, 0.15) is 0 Å². The second-order valence-electron chi connectivity index (χ2n) is 5.87.